The Hall–Kier alpha value is -0.670. The van der Waals surface area contributed by atoms with Crippen LogP contribution in [0, 0.1) is 5.82 Å². The van der Waals surface area contributed by atoms with Gasteiger partial charge in [-0.25, -0.2) is 4.39 Å². The topological polar surface area (TPSA) is 12.0 Å². The molecule has 0 aliphatic rings. The third kappa shape index (κ3) is 4.06. The van der Waals surface area contributed by atoms with Gasteiger partial charge in [0.1, 0.15) is 5.82 Å². The van der Waals surface area contributed by atoms with Gasteiger partial charge in [0.15, 0.2) is 0 Å². The maximum Gasteiger partial charge on any atom is 0.123 e. The van der Waals surface area contributed by atoms with Crippen LogP contribution in [0.2, 0.25) is 0 Å². The summed E-state index contributed by atoms with van der Waals surface area (Å²) < 4.78 is 14.1. The molecule has 0 saturated carbocycles. The highest BCUT2D eigenvalue weighted by Gasteiger charge is 2.09. The summed E-state index contributed by atoms with van der Waals surface area (Å²) in [6.07, 6.45) is 3.58. The van der Waals surface area contributed by atoms with E-state index in [0.717, 1.165) is 29.4 Å². The molecule has 0 saturated heterocycles. The van der Waals surface area contributed by atoms with Gasteiger partial charge < -0.3 is 5.32 Å². The minimum Gasteiger partial charge on any atom is -0.314 e. The fraction of sp³-hybridized carbons (Fsp3) is 0.385. The van der Waals surface area contributed by atoms with Crippen LogP contribution in [-0.2, 0) is 6.42 Å². The molecular formula is C13H17BrFN. The molecule has 1 rings (SSSR count). The first-order chi connectivity index (χ1) is 7.67. The van der Waals surface area contributed by atoms with Crippen LogP contribution in [0.4, 0.5) is 4.39 Å². The minimum absolute atomic E-state index is 0.188. The molecular weight excluding hydrogens is 269 g/mol. The first-order valence-electron chi connectivity index (χ1n) is 5.45. The molecule has 1 atom stereocenters. The number of likely N-dealkylation sites (N-methyl/N-ethyl adjacent to an activating group) is 1. The first-order valence-corrected chi connectivity index (χ1v) is 6.24. The average molecular weight is 286 g/mol. The Labute approximate surface area is 105 Å². The number of hydrogen-bond donors (Lipinski definition) is 1. The van der Waals surface area contributed by atoms with Crippen molar-refractivity contribution in [2.24, 2.45) is 0 Å². The molecule has 0 heterocycles. The molecule has 88 valence electrons. The number of hydrogen-bond acceptors (Lipinski definition) is 1. The van der Waals surface area contributed by atoms with Crippen molar-refractivity contribution in [3.63, 3.8) is 0 Å². The van der Waals surface area contributed by atoms with Crippen LogP contribution in [0.25, 0.3) is 0 Å². The van der Waals surface area contributed by atoms with E-state index < -0.39 is 0 Å². The number of halogens is 2. The van der Waals surface area contributed by atoms with Crippen molar-refractivity contribution in [3.05, 3.63) is 46.7 Å². The maximum atomic E-state index is 13.1. The summed E-state index contributed by atoms with van der Waals surface area (Å²) in [6, 6.07) is 5.11. The van der Waals surface area contributed by atoms with Gasteiger partial charge in [0.25, 0.3) is 0 Å². The zero-order valence-corrected chi connectivity index (χ0v) is 11.1. The monoisotopic (exact) mass is 285 g/mol. The average Bonchev–Trinajstić information content (AvgIpc) is 2.24. The van der Waals surface area contributed by atoms with Gasteiger partial charge in [0.05, 0.1) is 0 Å². The van der Waals surface area contributed by atoms with Crippen molar-refractivity contribution in [2.45, 2.75) is 25.8 Å². The normalized spacial score (nSPS) is 12.4. The fourth-order valence-corrected chi connectivity index (χ4v) is 2.10. The van der Waals surface area contributed by atoms with E-state index >= 15 is 0 Å². The molecule has 0 fully saturated rings. The minimum atomic E-state index is -0.188. The van der Waals surface area contributed by atoms with Gasteiger partial charge in [-0.15, -0.1) is 6.58 Å². The lowest BCUT2D eigenvalue weighted by atomic mass is 10.0. The molecule has 1 N–H and O–H groups in total. The smallest absolute Gasteiger partial charge is 0.123 e. The van der Waals surface area contributed by atoms with E-state index in [1.807, 2.05) is 6.08 Å². The Morgan fingerprint density at radius 1 is 1.56 bits per heavy atom. The Morgan fingerprint density at radius 2 is 2.31 bits per heavy atom. The largest absolute Gasteiger partial charge is 0.314 e. The van der Waals surface area contributed by atoms with Crippen LogP contribution in [0.5, 0.6) is 0 Å². The van der Waals surface area contributed by atoms with E-state index in [1.54, 1.807) is 12.1 Å². The van der Waals surface area contributed by atoms with Gasteiger partial charge in [0, 0.05) is 10.5 Å². The van der Waals surface area contributed by atoms with E-state index in [4.69, 9.17) is 0 Å². The van der Waals surface area contributed by atoms with Gasteiger partial charge in [0.2, 0.25) is 0 Å². The molecule has 0 aliphatic carbocycles. The Balaban J connectivity index is 2.75. The highest BCUT2D eigenvalue weighted by Crippen LogP contribution is 2.20. The van der Waals surface area contributed by atoms with Gasteiger partial charge in [-0.2, -0.15) is 0 Å². The molecule has 1 aromatic carbocycles. The van der Waals surface area contributed by atoms with Crippen molar-refractivity contribution in [1.29, 1.82) is 0 Å². The van der Waals surface area contributed by atoms with E-state index in [2.05, 4.69) is 34.7 Å². The summed E-state index contributed by atoms with van der Waals surface area (Å²) >= 11 is 3.44. The summed E-state index contributed by atoms with van der Waals surface area (Å²) in [4.78, 5) is 0. The van der Waals surface area contributed by atoms with Crippen LogP contribution in [0.3, 0.4) is 0 Å². The number of nitrogens with one attached hydrogen (secondary N) is 1. The lowest BCUT2D eigenvalue weighted by Crippen LogP contribution is -2.30. The number of benzene rings is 1. The van der Waals surface area contributed by atoms with Gasteiger partial charge >= 0.3 is 0 Å². The second-order valence-electron chi connectivity index (χ2n) is 3.72. The molecule has 0 aliphatic heterocycles. The van der Waals surface area contributed by atoms with E-state index in [9.17, 15) is 4.39 Å². The second-order valence-corrected chi connectivity index (χ2v) is 4.57. The molecule has 0 radical (unpaired) electrons. The summed E-state index contributed by atoms with van der Waals surface area (Å²) in [5, 5.41) is 3.36. The zero-order valence-electron chi connectivity index (χ0n) is 9.47. The molecule has 1 nitrogen and oxygen atoms in total. The van der Waals surface area contributed by atoms with Crippen molar-refractivity contribution < 1.29 is 4.39 Å². The lowest BCUT2D eigenvalue weighted by molar-refractivity contribution is 0.526. The molecule has 0 amide bonds. The molecule has 0 aromatic heterocycles. The van der Waals surface area contributed by atoms with Crippen LogP contribution in [0.15, 0.2) is 35.3 Å². The van der Waals surface area contributed by atoms with Crippen molar-refractivity contribution in [2.75, 3.05) is 6.54 Å². The molecule has 3 heteroatoms. The summed E-state index contributed by atoms with van der Waals surface area (Å²) in [6.45, 7) is 6.71. The first kappa shape index (κ1) is 13.4. The number of rotatable bonds is 6. The molecule has 0 spiro atoms. The second kappa shape index (κ2) is 6.81. The molecule has 1 unspecified atom stereocenters. The predicted octanol–water partition coefficient (Wildman–Crippen LogP) is 3.68. The van der Waals surface area contributed by atoms with Crippen LogP contribution < -0.4 is 5.32 Å². The highest BCUT2D eigenvalue weighted by atomic mass is 79.9. The molecule has 0 bridgehead atoms. The Kier molecular flexibility index (Phi) is 5.71. The lowest BCUT2D eigenvalue weighted by Gasteiger charge is -2.16. The van der Waals surface area contributed by atoms with E-state index in [1.165, 1.54) is 6.07 Å². The predicted molar refractivity (Wildman–Crippen MR) is 70.1 cm³/mol. The maximum absolute atomic E-state index is 13.1. The van der Waals surface area contributed by atoms with Crippen LogP contribution >= 0.6 is 15.9 Å². The van der Waals surface area contributed by atoms with Gasteiger partial charge in [-0.05, 0) is 43.1 Å². The van der Waals surface area contributed by atoms with Crippen LogP contribution in [-0.4, -0.2) is 12.6 Å². The Bertz CT molecular complexity index is 352. The fourth-order valence-electron chi connectivity index (χ4n) is 1.69. The van der Waals surface area contributed by atoms with Crippen molar-refractivity contribution >= 4 is 15.9 Å². The molecule has 1 aromatic rings. The van der Waals surface area contributed by atoms with E-state index in [-0.39, 0.29) is 5.82 Å². The van der Waals surface area contributed by atoms with Crippen molar-refractivity contribution in [1.82, 2.24) is 5.32 Å². The Morgan fingerprint density at radius 3 is 2.94 bits per heavy atom. The van der Waals surface area contributed by atoms with Gasteiger partial charge in [-0.3, -0.25) is 0 Å². The highest BCUT2D eigenvalue weighted by molar-refractivity contribution is 9.10. The summed E-state index contributed by atoms with van der Waals surface area (Å²) in [7, 11) is 0. The summed E-state index contributed by atoms with van der Waals surface area (Å²) in [5.74, 6) is -0.188. The van der Waals surface area contributed by atoms with E-state index in [0.29, 0.717) is 6.04 Å². The standard InChI is InChI=1S/C13H17BrFN/c1-3-5-12(16-4-2)9-10-8-11(15)6-7-13(10)14/h3,6-8,12,16H,1,4-5,9H2,2H3. The third-order valence-corrected chi connectivity index (χ3v) is 3.19. The summed E-state index contributed by atoms with van der Waals surface area (Å²) in [5.41, 5.74) is 0.993. The van der Waals surface area contributed by atoms with Crippen molar-refractivity contribution in [3.8, 4) is 0 Å². The van der Waals surface area contributed by atoms with Crippen LogP contribution in [0.1, 0.15) is 18.9 Å². The quantitative estimate of drug-likeness (QED) is 0.786. The SMILES string of the molecule is C=CCC(Cc1cc(F)ccc1Br)NCC. The third-order valence-electron chi connectivity index (χ3n) is 2.42. The van der Waals surface area contributed by atoms with Gasteiger partial charge in [-0.1, -0.05) is 28.9 Å². The zero-order chi connectivity index (χ0) is 12.0. The molecule has 16 heavy (non-hydrogen) atoms.